The van der Waals surface area contributed by atoms with Gasteiger partial charge in [0.2, 0.25) is 0 Å². The predicted octanol–water partition coefficient (Wildman–Crippen LogP) is 6.08. The van der Waals surface area contributed by atoms with Crippen LogP contribution in [-0.2, 0) is 6.54 Å². The highest BCUT2D eigenvalue weighted by Gasteiger charge is 2.11. The van der Waals surface area contributed by atoms with Gasteiger partial charge in [-0.05, 0) is 38.0 Å². The van der Waals surface area contributed by atoms with Crippen molar-refractivity contribution in [3.8, 4) is 0 Å². The maximum atomic E-state index is 4.65. The lowest BCUT2D eigenvalue weighted by Crippen LogP contribution is -2.04. The quantitative estimate of drug-likeness (QED) is 0.541. The van der Waals surface area contributed by atoms with Crippen LogP contribution in [0.1, 0.15) is 52.6 Å². The summed E-state index contributed by atoms with van der Waals surface area (Å²) in [7, 11) is 0. The molecule has 0 fully saturated rings. The third kappa shape index (κ3) is 4.78. The van der Waals surface area contributed by atoms with E-state index in [0.717, 1.165) is 36.4 Å². The average molecular weight is 353 g/mol. The Morgan fingerprint density at radius 1 is 1.04 bits per heavy atom. The van der Waals surface area contributed by atoms with Crippen molar-refractivity contribution in [2.24, 2.45) is 0 Å². The van der Waals surface area contributed by atoms with Crippen LogP contribution in [0.3, 0.4) is 0 Å². The van der Waals surface area contributed by atoms with Gasteiger partial charge < -0.3 is 15.2 Å². The second-order valence-corrected chi connectivity index (χ2v) is 6.40. The van der Waals surface area contributed by atoms with Gasteiger partial charge in [-0.1, -0.05) is 51.1 Å². The van der Waals surface area contributed by atoms with Gasteiger partial charge in [0, 0.05) is 24.8 Å². The fourth-order valence-corrected chi connectivity index (χ4v) is 2.84. The normalized spacial score (nSPS) is 10.5. The molecule has 0 aliphatic carbocycles. The Morgan fingerprint density at radius 2 is 1.77 bits per heavy atom. The minimum atomic E-state index is 0.387. The molecule has 1 aromatic heterocycles. The Labute approximate surface area is 157 Å². The minimum absolute atomic E-state index is 0.387. The van der Waals surface area contributed by atoms with E-state index in [2.05, 4.69) is 77.4 Å². The number of imidazole rings is 1. The van der Waals surface area contributed by atoms with E-state index in [9.17, 15) is 0 Å². The van der Waals surface area contributed by atoms with Crippen LogP contribution in [0.25, 0.3) is 11.0 Å². The van der Waals surface area contributed by atoms with Crippen molar-refractivity contribution in [3.05, 3.63) is 54.4 Å². The Kier molecular flexibility index (Phi) is 7.52. The summed E-state index contributed by atoms with van der Waals surface area (Å²) >= 11 is 0. The van der Waals surface area contributed by atoms with Gasteiger partial charge in [0.05, 0.1) is 17.5 Å². The van der Waals surface area contributed by atoms with Crippen molar-refractivity contribution in [3.63, 3.8) is 0 Å². The molecule has 0 aliphatic heterocycles. The van der Waals surface area contributed by atoms with Gasteiger partial charge in [-0.25, -0.2) is 4.98 Å². The van der Waals surface area contributed by atoms with E-state index in [1.54, 1.807) is 0 Å². The number of aromatic nitrogens is 2. The Bertz CT molecular complexity index is 791. The summed E-state index contributed by atoms with van der Waals surface area (Å²) in [6, 6.07) is 15.2. The molecule has 0 spiro atoms. The molecule has 26 heavy (non-hydrogen) atoms. The predicted molar refractivity (Wildman–Crippen MR) is 114 cm³/mol. The molecule has 0 atom stereocenters. The number of fused-ring (bicyclic) bond motifs is 1. The molecule has 0 amide bonds. The van der Waals surface area contributed by atoms with Gasteiger partial charge >= 0.3 is 0 Å². The first-order valence-corrected chi connectivity index (χ1v) is 9.71. The molecule has 3 rings (SSSR count). The first kappa shape index (κ1) is 19.8. The zero-order valence-electron chi connectivity index (χ0n) is 16.7. The smallest absolute Gasteiger partial charge is 0.112 e. The topological polar surface area (TPSA) is 41.9 Å². The van der Waals surface area contributed by atoms with E-state index < -0.39 is 0 Å². The summed E-state index contributed by atoms with van der Waals surface area (Å²) in [6.45, 7) is 12.3. The third-order valence-corrected chi connectivity index (χ3v) is 4.14. The van der Waals surface area contributed by atoms with Crippen LogP contribution in [0.4, 0.5) is 11.4 Å². The van der Waals surface area contributed by atoms with E-state index in [0.29, 0.717) is 6.04 Å². The number of nitrogens with one attached hydrogen (secondary N) is 2. The monoisotopic (exact) mass is 352 g/mol. The summed E-state index contributed by atoms with van der Waals surface area (Å²) in [5, 5.41) is 7.06. The standard InChI is InChI=1S/C20H26N4.C2H6/c1-4-10-21-17-11-18(22-13-16-8-6-5-7-9-16)20-19(12-17)24(14-23-20)15(2)3;1-2/h5-9,11-12,14-15,21-22H,4,10,13H2,1-3H3;1-2H3. The first-order chi connectivity index (χ1) is 12.7. The maximum Gasteiger partial charge on any atom is 0.112 e. The molecule has 2 N–H and O–H groups in total. The molecule has 1 heterocycles. The van der Waals surface area contributed by atoms with Crippen LogP contribution in [0.5, 0.6) is 0 Å². The molecule has 3 aromatic rings. The number of nitrogens with zero attached hydrogens (tertiary/aromatic N) is 2. The molecule has 0 saturated carbocycles. The fourth-order valence-electron chi connectivity index (χ4n) is 2.84. The molecular formula is C22H32N4. The van der Waals surface area contributed by atoms with Crippen LogP contribution in [0, 0.1) is 0 Å². The largest absolute Gasteiger partial charge is 0.385 e. The number of hydrogen-bond acceptors (Lipinski definition) is 3. The second kappa shape index (κ2) is 9.85. The lowest BCUT2D eigenvalue weighted by Gasteiger charge is -2.14. The summed E-state index contributed by atoms with van der Waals surface area (Å²) in [5.41, 5.74) is 5.68. The summed E-state index contributed by atoms with van der Waals surface area (Å²) < 4.78 is 2.22. The van der Waals surface area contributed by atoms with E-state index >= 15 is 0 Å². The molecular weight excluding hydrogens is 320 g/mol. The molecule has 140 valence electrons. The zero-order valence-corrected chi connectivity index (χ0v) is 16.7. The molecule has 2 aromatic carbocycles. The van der Waals surface area contributed by atoms with Crippen LogP contribution in [0.15, 0.2) is 48.8 Å². The van der Waals surface area contributed by atoms with Gasteiger partial charge in [-0.3, -0.25) is 0 Å². The zero-order chi connectivity index (χ0) is 18.9. The van der Waals surface area contributed by atoms with Gasteiger partial charge in [-0.15, -0.1) is 0 Å². The van der Waals surface area contributed by atoms with Gasteiger partial charge in [-0.2, -0.15) is 0 Å². The highest BCUT2D eigenvalue weighted by Crippen LogP contribution is 2.29. The number of rotatable bonds is 7. The lowest BCUT2D eigenvalue weighted by atomic mass is 10.2. The molecule has 0 aliphatic rings. The molecule has 0 radical (unpaired) electrons. The highest BCUT2D eigenvalue weighted by molar-refractivity contribution is 5.92. The van der Waals surface area contributed by atoms with E-state index in [-0.39, 0.29) is 0 Å². The van der Waals surface area contributed by atoms with E-state index in [1.807, 2.05) is 26.2 Å². The minimum Gasteiger partial charge on any atom is -0.385 e. The van der Waals surface area contributed by atoms with E-state index in [1.165, 1.54) is 11.1 Å². The molecule has 0 bridgehead atoms. The van der Waals surface area contributed by atoms with Crippen LogP contribution >= 0.6 is 0 Å². The highest BCUT2D eigenvalue weighted by atomic mass is 15.1. The van der Waals surface area contributed by atoms with Gasteiger partial charge in [0.15, 0.2) is 0 Å². The van der Waals surface area contributed by atoms with Crippen molar-refractivity contribution in [1.29, 1.82) is 0 Å². The van der Waals surface area contributed by atoms with Gasteiger partial charge in [0.25, 0.3) is 0 Å². The second-order valence-electron chi connectivity index (χ2n) is 6.40. The van der Waals surface area contributed by atoms with E-state index in [4.69, 9.17) is 0 Å². The summed E-state index contributed by atoms with van der Waals surface area (Å²) in [6.07, 6.45) is 3.04. The Hall–Kier alpha value is -2.49. The van der Waals surface area contributed by atoms with Crippen molar-refractivity contribution in [2.75, 3.05) is 17.2 Å². The van der Waals surface area contributed by atoms with Crippen LogP contribution in [-0.4, -0.2) is 16.1 Å². The molecule has 0 unspecified atom stereocenters. The maximum absolute atomic E-state index is 4.65. The Balaban J connectivity index is 0.00000117. The SMILES string of the molecule is CC.CCCNc1cc(NCc2ccccc2)c2ncn(C(C)C)c2c1. The number of benzene rings is 2. The molecule has 4 heteroatoms. The van der Waals surface area contributed by atoms with Gasteiger partial charge in [0.1, 0.15) is 5.52 Å². The number of hydrogen-bond donors (Lipinski definition) is 2. The Morgan fingerprint density at radius 3 is 2.42 bits per heavy atom. The van der Waals surface area contributed by atoms with Crippen LogP contribution < -0.4 is 10.6 Å². The average Bonchev–Trinajstić information content (AvgIpc) is 3.11. The number of anilines is 2. The first-order valence-electron chi connectivity index (χ1n) is 9.71. The van der Waals surface area contributed by atoms with Crippen molar-refractivity contribution in [2.45, 2.75) is 53.6 Å². The van der Waals surface area contributed by atoms with Crippen LogP contribution in [0.2, 0.25) is 0 Å². The summed E-state index contributed by atoms with van der Waals surface area (Å²) in [5.74, 6) is 0. The lowest BCUT2D eigenvalue weighted by molar-refractivity contribution is 0.617. The van der Waals surface area contributed by atoms with Crippen molar-refractivity contribution >= 4 is 22.4 Å². The van der Waals surface area contributed by atoms with Crippen molar-refractivity contribution in [1.82, 2.24) is 9.55 Å². The van der Waals surface area contributed by atoms with Crippen molar-refractivity contribution < 1.29 is 0 Å². The summed E-state index contributed by atoms with van der Waals surface area (Å²) in [4.78, 5) is 4.65. The third-order valence-electron chi connectivity index (χ3n) is 4.14. The fraction of sp³-hybridized carbons (Fsp3) is 0.409. The molecule has 0 saturated heterocycles. The molecule has 4 nitrogen and oxygen atoms in total.